The minimum Gasteiger partial charge on any atom is -0.472 e. The summed E-state index contributed by atoms with van der Waals surface area (Å²) in [5.41, 5.74) is 22.1. The highest BCUT2D eigenvalue weighted by atomic mass is 16.3. The number of nitrogens with two attached hydrogens (primary N) is 4. The number of furan rings is 1. The van der Waals surface area contributed by atoms with Crippen molar-refractivity contribution in [2.45, 2.75) is 0 Å². The van der Waals surface area contributed by atoms with Crippen molar-refractivity contribution in [2.24, 2.45) is 22.9 Å². The van der Waals surface area contributed by atoms with E-state index in [1.165, 1.54) is 19.6 Å². The molecule has 0 spiro atoms. The summed E-state index contributed by atoms with van der Waals surface area (Å²) >= 11 is 0. The van der Waals surface area contributed by atoms with Crippen molar-refractivity contribution in [3.63, 3.8) is 0 Å². The van der Waals surface area contributed by atoms with E-state index in [1.807, 2.05) is 0 Å². The van der Waals surface area contributed by atoms with Crippen LogP contribution in [-0.2, 0) is 4.79 Å². The lowest BCUT2D eigenvalue weighted by Gasteiger charge is -2.03. The molecule has 0 fully saturated rings. The van der Waals surface area contributed by atoms with E-state index in [0.717, 1.165) is 6.20 Å². The Hall–Kier alpha value is -2.21. The van der Waals surface area contributed by atoms with Crippen LogP contribution in [0.5, 0.6) is 0 Å². The molecule has 1 aromatic heterocycles. The second-order valence-electron chi connectivity index (χ2n) is 2.58. The van der Waals surface area contributed by atoms with Crippen LogP contribution in [0.15, 0.2) is 40.5 Å². The van der Waals surface area contributed by atoms with E-state index in [4.69, 9.17) is 21.6 Å². The van der Waals surface area contributed by atoms with Gasteiger partial charge in [0.15, 0.2) is 6.29 Å². The number of carbonyl (C=O) groups excluding carboxylic acids is 1. The standard InChI is InChI=1S/C9H11N3O2.CH5N/c10-3-7(4-13)9(12)8(11)6-1-2-14-5-6;1-2/h1-5H,10-12H2;2H2,1H3/b7-3-,9-8+;. The first-order valence-electron chi connectivity index (χ1n) is 4.43. The van der Waals surface area contributed by atoms with Crippen molar-refractivity contribution >= 4 is 12.0 Å². The molecule has 1 aromatic rings. The van der Waals surface area contributed by atoms with Gasteiger partial charge in [0, 0.05) is 11.8 Å². The van der Waals surface area contributed by atoms with Crippen LogP contribution in [0.3, 0.4) is 0 Å². The van der Waals surface area contributed by atoms with Crippen LogP contribution in [-0.4, -0.2) is 13.3 Å². The third-order valence-electron chi connectivity index (χ3n) is 1.74. The van der Waals surface area contributed by atoms with Crippen molar-refractivity contribution in [3.05, 3.63) is 41.6 Å². The van der Waals surface area contributed by atoms with E-state index in [1.54, 1.807) is 6.07 Å². The molecule has 0 aromatic carbocycles. The molecule has 88 valence electrons. The van der Waals surface area contributed by atoms with E-state index in [9.17, 15) is 4.79 Å². The summed E-state index contributed by atoms with van der Waals surface area (Å²) in [5, 5.41) is 0. The maximum absolute atomic E-state index is 10.5. The van der Waals surface area contributed by atoms with Crippen molar-refractivity contribution in [3.8, 4) is 0 Å². The first kappa shape index (κ1) is 13.8. The lowest BCUT2D eigenvalue weighted by atomic mass is 10.1. The molecule has 6 nitrogen and oxygen atoms in total. The average Bonchev–Trinajstić information content (AvgIpc) is 2.85. The predicted octanol–water partition coefficient (Wildman–Crippen LogP) is -0.518. The Morgan fingerprint density at radius 1 is 1.38 bits per heavy atom. The molecule has 0 amide bonds. The summed E-state index contributed by atoms with van der Waals surface area (Å²) in [6.07, 6.45) is 4.54. The Balaban J connectivity index is 0.00000106. The normalized spacial score (nSPS) is 12.2. The number of aldehydes is 1. The van der Waals surface area contributed by atoms with Gasteiger partial charge in [0.05, 0.1) is 29.5 Å². The van der Waals surface area contributed by atoms with Gasteiger partial charge in [0.2, 0.25) is 0 Å². The van der Waals surface area contributed by atoms with Gasteiger partial charge in [-0.25, -0.2) is 0 Å². The first-order chi connectivity index (χ1) is 7.70. The van der Waals surface area contributed by atoms with Gasteiger partial charge in [-0.3, -0.25) is 4.79 Å². The average molecular weight is 224 g/mol. The van der Waals surface area contributed by atoms with E-state index in [0.29, 0.717) is 11.8 Å². The quantitative estimate of drug-likeness (QED) is 0.310. The SMILES string of the molecule is CN.N/C=C(C=O)\C(N)=C(/N)c1ccoc1. The van der Waals surface area contributed by atoms with Crippen LogP contribution in [0.1, 0.15) is 5.56 Å². The topological polar surface area (TPSA) is 134 Å². The molecular weight excluding hydrogens is 208 g/mol. The Labute approximate surface area is 93.6 Å². The molecule has 0 unspecified atom stereocenters. The Morgan fingerprint density at radius 2 is 2.00 bits per heavy atom. The number of hydrogen-bond acceptors (Lipinski definition) is 6. The highest BCUT2D eigenvalue weighted by molar-refractivity contribution is 5.85. The summed E-state index contributed by atoms with van der Waals surface area (Å²) in [6, 6.07) is 1.64. The molecule has 0 aliphatic carbocycles. The van der Waals surface area contributed by atoms with Gasteiger partial charge in [0.25, 0.3) is 0 Å². The maximum atomic E-state index is 10.5. The van der Waals surface area contributed by atoms with E-state index >= 15 is 0 Å². The smallest absolute Gasteiger partial charge is 0.153 e. The molecule has 0 aliphatic rings. The van der Waals surface area contributed by atoms with Crippen LogP contribution in [0, 0.1) is 0 Å². The second kappa shape index (κ2) is 7.13. The Bertz CT molecular complexity index is 380. The largest absolute Gasteiger partial charge is 0.472 e. The van der Waals surface area contributed by atoms with Gasteiger partial charge in [-0.2, -0.15) is 0 Å². The first-order valence-corrected chi connectivity index (χ1v) is 4.43. The van der Waals surface area contributed by atoms with E-state index in [-0.39, 0.29) is 17.0 Å². The maximum Gasteiger partial charge on any atom is 0.153 e. The zero-order valence-electron chi connectivity index (χ0n) is 9.01. The van der Waals surface area contributed by atoms with Crippen LogP contribution in [0.2, 0.25) is 0 Å². The van der Waals surface area contributed by atoms with Gasteiger partial charge < -0.3 is 27.4 Å². The van der Waals surface area contributed by atoms with Crippen molar-refractivity contribution < 1.29 is 9.21 Å². The number of carbonyl (C=O) groups is 1. The van der Waals surface area contributed by atoms with Crippen LogP contribution < -0.4 is 22.9 Å². The fourth-order valence-electron chi connectivity index (χ4n) is 0.921. The van der Waals surface area contributed by atoms with E-state index in [2.05, 4.69) is 5.73 Å². The summed E-state index contributed by atoms with van der Waals surface area (Å²) in [6.45, 7) is 0. The molecular formula is C10H16N4O2. The Morgan fingerprint density at radius 3 is 2.38 bits per heavy atom. The zero-order valence-corrected chi connectivity index (χ0v) is 9.01. The molecule has 1 heterocycles. The number of hydrogen-bond donors (Lipinski definition) is 4. The fourth-order valence-corrected chi connectivity index (χ4v) is 0.921. The van der Waals surface area contributed by atoms with Crippen molar-refractivity contribution in [1.82, 2.24) is 0 Å². The zero-order chi connectivity index (χ0) is 12.6. The van der Waals surface area contributed by atoms with Gasteiger partial charge in [-0.05, 0) is 13.1 Å². The molecule has 0 aliphatic heterocycles. The fraction of sp³-hybridized carbons (Fsp3) is 0.100. The monoisotopic (exact) mass is 224 g/mol. The molecule has 0 atom stereocenters. The van der Waals surface area contributed by atoms with Crippen molar-refractivity contribution in [2.75, 3.05) is 7.05 Å². The Kier molecular flexibility index (Phi) is 6.15. The minimum absolute atomic E-state index is 0.143. The van der Waals surface area contributed by atoms with Gasteiger partial charge in [0.1, 0.15) is 0 Å². The highest BCUT2D eigenvalue weighted by Crippen LogP contribution is 2.14. The summed E-state index contributed by atoms with van der Waals surface area (Å²) < 4.78 is 4.82. The van der Waals surface area contributed by atoms with E-state index < -0.39 is 0 Å². The van der Waals surface area contributed by atoms with Crippen LogP contribution >= 0.6 is 0 Å². The van der Waals surface area contributed by atoms with Gasteiger partial charge >= 0.3 is 0 Å². The molecule has 1 rings (SSSR count). The summed E-state index contributed by atoms with van der Waals surface area (Å²) in [4.78, 5) is 10.5. The minimum atomic E-state index is 0.143. The lowest BCUT2D eigenvalue weighted by molar-refractivity contribution is -0.104. The summed E-state index contributed by atoms with van der Waals surface area (Å²) in [7, 11) is 1.50. The molecule has 0 saturated carbocycles. The van der Waals surface area contributed by atoms with Crippen LogP contribution in [0.25, 0.3) is 5.70 Å². The number of allylic oxidation sites excluding steroid dienone is 1. The lowest BCUT2D eigenvalue weighted by Crippen LogP contribution is -2.12. The summed E-state index contributed by atoms with van der Waals surface area (Å²) in [5.74, 6) is 0. The molecule has 8 N–H and O–H groups in total. The third-order valence-corrected chi connectivity index (χ3v) is 1.74. The van der Waals surface area contributed by atoms with Gasteiger partial charge in [-0.1, -0.05) is 0 Å². The predicted molar refractivity (Wildman–Crippen MR) is 62.4 cm³/mol. The number of rotatable bonds is 3. The molecule has 6 heteroatoms. The third kappa shape index (κ3) is 3.18. The molecule has 0 bridgehead atoms. The van der Waals surface area contributed by atoms with Crippen LogP contribution in [0.4, 0.5) is 0 Å². The highest BCUT2D eigenvalue weighted by Gasteiger charge is 2.07. The molecule has 0 radical (unpaired) electrons. The second-order valence-corrected chi connectivity index (χ2v) is 2.58. The van der Waals surface area contributed by atoms with Crippen molar-refractivity contribution in [1.29, 1.82) is 0 Å². The molecule has 16 heavy (non-hydrogen) atoms. The van der Waals surface area contributed by atoms with Gasteiger partial charge in [-0.15, -0.1) is 0 Å². The molecule has 0 saturated heterocycles.